The fraction of sp³-hybridized carbons (Fsp3) is 0.769. The normalized spacial score (nSPS) is 13.2. The topological polar surface area (TPSA) is 39.1 Å². The molecule has 1 aromatic rings. The highest BCUT2D eigenvalue weighted by atomic mass is 16.5. The van der Waals surface area contributed by atoms with Crippen molar-refractivity contribution in [1.29, 1.82) is 0 Å². The van der Waals surface area contributed by atoms with Crippen LogP contribution in [0.4, 0.5) is 0 Å². The highest BCUT2D eigenvalue weighted by Crippen LogP contribution is 2.04. The minimum absolute atomic E-state index is 0.296. The van der Waals surface area contributed by atoms with Crippen LogP contribution in [0.2, 0.25) is 0 Å². The van der Waals surface area contributed by atoms with E-state index in [2.05, 4.69) is 35.6 Å². The van der Waals surface area contributed by atoms with Gasteiger partial charge in [0.15, 0.2) is 0 Å². The average Bonchev–Trinajstić information content (AvgIpc) is 2.68. The molecule has 98 valence electrons. The zero-order chi connectivity index (χ0) is 12.7. The molecule has 0 saturated heterocycles. The number of aryl methyl sites for hydroxylation is 2. The number of hydrogen-bond acceptors (Lipinski definition) is 3. The Hall–Kier alpha value is -0.870. The molecule has 4 nitrogen and oxygen atoms in total. The first-order valence-corrected chi connectivity index (χ1v) is 6.44. The van der Waals surface area contributed by atoms with E-state index < -0.39 is 0 Å². The molecule has 1 N–H and O–H groups in total. The van der Waals surface area contributed by atoms with E-state index in [4.69, 9.17) is 4.74 Å². The molecule has 0 aliphatic rings. The van der Waals surface area contributed by atoms with Crippen LogP contribution < -0.4 is 5.32 Å². The van der Waals surface area contributed by atoms with Gasteiger partial charge in [-0.2, -0.15) is 0 Å². The number of nitrogens with one attached hydrogen (secondary N) is 1. The predicted molar refractivity (Wildman–Crippen MR) is 70.1 cm³/mol. The minimum atomic E-state index is 0.296. The van der Waals surface area contributed by atoms with Gasteiger partial charge in [0.05, 0.1) is 12.7 Å². The monoisotopic (exact) mass is 239 g/mol. The van der Waals surface area contributed by atoms with Gasteiger partial charge in [-0.05, 0) is 26.8 Å². The maximum absolute atomic E-state index is 5.67. The van der Waals surface area contributed by atoms with E-state index >= 15 is 0 Å². The summed E-state index contributed by atoms with van der Waals surface area (Å²) in [5, 5.41) is 3.46. The quantitative estimate of drug-likeness (QED) is 0.751. The van der Waals surface area contributed by atoms with Gasteiger partial charge in [-0.25, -0.2) is 4.98 Å². The lowest BCUT2D eigenvalue weighted by Crippen LogP contribution is -2.34. The fourth-order valence-electron chi connectivity index (χ4n) is 1.78. The third-order valence-corrected chi connectivity index (χ3v) is 2.76. The molecule has 0 fully saturated rings. The van der Waals surface area contributed by atoms with Crippen LogP contribution in [0.3, 0.4) is 0 Å². The van der Waals surface area contributed by atoms with E-state index in [0.29, 0.717) is 12.1 Å². The van der Waals surface area contributed by atoms with Gasteiger partial charge in [0.1, 0.15) is 5.82 Å². The van der Waals surface area contributed by atoms with Crippen LogP contribution in [0.5, 0.6) is 0 Å². The first kappa shape index (κ1) is 14.2. The summed E-state index contributed by atoms with van der Waals surface area (Å²) in [4.78, 5) is 4.34. The van der Waals surface area contributed by atoms with Gasteiger partial charge in [-0.3, -0.25) is 0 Å². The molecule has 0 aliphatic heterocycles. The van der Waals surface area contributed by atoms with E-state index in [9.17, 15) is 0 Å². The molecule has 17 heavy (non-hydrogen) atoms. The first-order valence-electron chi connectivity index (χ1n) is 6.44. The highest BCUT2D eigenvalue weighted by Gasteiger charge is 2.10. The molecule has 0 saturated carbocycles. The summed E-state index contributed by atoms with van der Waals surface area (Å²) in [5.74, 6) is 1.14. The van der Waals surface area contributed by atoms with E-state index in [0.717, 1.165) is 31.8 Å². The number of ether oxygens (including phenoxy) is 1. The number of likely N-dealkylation sites (N-methyl/N-ethyl adjacent to an activating group) is 1. The zero-order valence-electron chi connectivity index (χ0n) is 11.4. The molecular weight excluding hydrogens is 214 g/mol. The second-order valence-electron chi connectivity index (χ2n) is 4.63. The number of aromatic nitrogens is 2. The molecule has 0 radical (unpaired) electrons. The largest absolute Gasteiger partial charge is 0.377 e. The minimum Gasteiger partial charge on any atom is -0.377 e. The molecule has 1 rings (SSSR count). The molecule has 0 amide bonds. The van der Waals surface area contributed by atoms with Crippen molar-refractivity contribution in [1.82, 2.24) is 14.9 Å². The second-order valence-corrected chi connectivity index (χ2v) is 4.63. The Morgan fingerprint density at radius 3 is 2.76 bits per heavy atom. The van der Waals surface area contributed by atoms with E-state index in [1.54, 1.807) is 0 Å². The Kier molecular flexibility index (Phi) is 6.22. The van der Waals surface area contributed by atoms with E-state index in [1.807, 2.05) is 19.4 Å². The smallest absolute Gasteiger partial charge is 0.108 e. The lowest BCUT2D eigenvalue weighted by Gasteiger charge is -2.19. The van der Waals surface area contributed by atoms with Crippen molar-refractivity contribution in [3.8, 4) is 0 Å². The Balaban J connectivity index is 2.36. The van der Waals surface area contributed by atoms with Gasteiger partial charge < -0.3 is 14.6 Å². The molecular formula is C13H25N3O. The Labute approximate surface area is 104 Å². The van der Waals surface area contributed by atoms with Crippen LogP contribution in [0.25, 0.3) is 0 Å². The third kappa shape index (κ3) is 5.33. The number of hydrogen-bond donors (Lipinski definition) is 1. The van der Waals surface area contributed by atoms with Gasteiger partial charge in [0.2, 0.25) is 0 Å². The summed E-state index contributed by atoms with van der Waals surface area (Å²) < 4.78 is 7.74. The molecule has 1 aromatic heterocycles. The van der Waals surface area contributed by atoms with Crippen molar-refractivity contribution >= 4 is 0 Å². The summed E-state index contributed by atoms with van der Waals surface area (Å²) >= 11 is 0. The average molecular weight is 239 g/mol. The maximum Gasteiger partial charge on any atom is 0.108 e. The summed E-state index contributed by atoms with van der Waals surface area (Å²) in [6, 6.07) is 0.416. The second kappa shape index (κ2) is 7.45. The maximum atomic E-state index is 5.67. The van der Waals surface area contributed by atoms with Crippen molar-refractivity contribution in [3.63, 3.8) is 0 Å². The van der Waals surface area contributed by atoms with Crippen molar-refractivity contribution in [2.45, 2.75) is 45.8 Å². The lowest BCUT2D eigenvalue weighted by atomic mass is 10.1. The van der Waals surface area contributed by atoms with Gasteiger partial charge >= 0.3 is 0 Å². The fourth-order valence-corrected chi connectivity index (χ4v) is 1.78. The van der Waals surface area contributed by atoms with Crippen LogP contribution in [-0.2, 0) is 18.2 Å². The van der Waals surface area contributed by atoms with Crippen LogP contribution in [0.15, 0.2) is 12.4 Å². The van der Waals surface area contributed by atoms with Crippen LogP contribution in [0, 0.1) is 0 Å². The van der Waals surface area contributed by atoms with Crippen LogP contribution >= 0.6 is 0 Å². The highest BCUT2D eigenvalue weighted by molar-refractivity contribution is 4.92. The Morgan fingerprint density at radius 2 is 2.24 bits per heavy atom. The summed E-state index contributed by atoms with van der Waals surface area (Å²) in [7, 11) is 2.04. The Bertz CT molecular complexity index is 309. The van der Waals surface area contributed by atoms with Crippen molar-refractivity contribution < 1.29 is 4.74 Å². The molecule has 1 atom stereocenters. The number of imidazole rings is 1. The lowest BCUT2D eigenvalue weighted by molar-refractivity contribution is 0.0598. The van der Waals surface area contributed by atoms with Crippen molar-refractivity contribution in [2.24, 2.45) is 7.05 Å². The van der Waals surface area contributed by atoms with Gasteiger partial charge in [0, 0.05) is 31.9 Å². The third-order valence-electron chi connectivity index (χ3n) is 2.76. The van der Waals surface area contributed by atoms with Gasteiger partial charge in [-0.15, -0.1) is 0 Å². The van der Waals surface area contributed by atoms with Crippen molar-refractivity contribution in [3.05, 3.63) is 18.2 Å². The molecule has 1 unspecified atom stereocenters. The molecule has 4 heteroatoms. The van der Waals surface area contributed by atoms with Crippen molar-refractivity contribution in [2.75, 3.05) is 13.2 Å². The van der Waals surface area contributed by atoms with E-state index in [1.165, 1.54) is 0 Å². The van der Waals surface area contributed by atoms with Gasteiger partial charge in [0.25, 0.3) is 0 Å². The summed E-state index contributed by atoms with van der Waals surface area (Å²) in [6.07, 6.45) is 6.18. The molecule has 1 heterocycles. The number of nitrogens with zero attached hydrogens (tertiary/aromatic N) is 2. The van der Waals surface area contributed by atoms with Gasteiger partial charge in [-0.1, -0.05) is 6.92 Å². The summed E-state index contributed by atoms with van der Waals surface area (Å²) in [6.45, 7) is 8.02. The van der Waals surface area contributed by atoms with Crippen LogP contribution in [0.1, 0.15) is 33.0 Å². The standard InChI is InChI=1S/C13H25N3O/c1-5-14-12(10-17-11(2)3)6-7-13-15-8-9-16(13)4/h8-9,11-12,14H,5-7,10H2,1-4H3. The molecule has 0 spiro atoms. The predicted octanol–water partition coefficient (Wildman–Crippen LogP) is 1.76. The Morgan fingerprint density at radius 1 is 1.47 bits per heavy atom. The van der Waals surface area contributed by atoms with E-state index in [-0.39, 0.29) is 0 Å². The zero-order valence-corrected chi connectivity index (χ0v) is 11.4. The summed E-state index contributed by atoms with van der Waals surface area (Å²) in [5.41, 5.74) is 0. The van der Waals surface area contributed by atoms with Crippen LogP contribution in [-0.4, -0.2) is 34.8 Å². The molecule has 0 aromatic carbocycles. The number of rotatable bonds is 8. The molecule has 0 aliphatic carbocycles. The first-order chi connectivity index (χ1) is 8.13. The SMILES string of the molecule is CCNC(CCc1nccn1C)COC(C)C. The molecule has 0 bridgehead atoms.